The van der Waals surface area contributed by atoms with Gasteiger partial charge < -0.3 is 0 Å². The third-order valence-electron chi connectivity index (χ3n) is 5.23. The summed E-state index contributed by atoms with van der Waals surface area (Å²) in [5, 5.41) is 0. The van der Waals surface area contributed by atoms with E-state index in [1.165, 1.54) is 5.69 Å². The van der Waals surface area contributed by atoms with E-state index in [4.69, 9.17) is 5.73 Å². The van der Waals surface area contributed by atoms with Gasteiger partial charge in [-0.25, -0.2) is 0 Å². The number of nitrogens with two attached hydrogens (primary N) is 1. The molecule has 1 aliphatic rings. The van der Waals surface area contributed by atoms with Gasteiger partial charge in [0.25, 0.3) is 0 Å². The van der Waals surface area contributed by atoms with Crippen molar-refractivity contribution in [1.82, 2.24) is 19.9 Å². The molecule has 0 saturated carbocycles. The average molecular weight is 427 g/mol. The van der Waals surface area contributed by atoms with E-state index >= 15 is 0 Å². The summed E-state index contributed by atoms with van der Waals surface area (Å²) in [6, 6.07) is 8.14. The van der Waals surface area contributed by atoms with E-state index in [2.05, 4.69) is 48.9 Å². The fourth-order valence-electron chi connectivity index (χ4n) is 3.65. The Morgan fingerprint density at radius 3 is 2.74 bits per heavy atom. The number of hydrogen-bond acceptors (Lipinski definition) is 5. The number of aromatic nitrogens is 3. The van der Waals surface area contributed by atoms with E-state index in [1.54, 1.807) is 0 Å². The number of pyridine rings is 1. The van der Waals surface area contributed by atoms with E-state index in [-0.39, 0.29) is 20.1 Å². The number of imidazole rings is 1. The fraction of sp³-hybridized carbons (Fsp3) is 0.263. The molecule has 0 radical (unpaired) electrons. The first-order chi connectivity index (χ1) is 13.1. The molecule has 1 fully saturated rings. The molecule has 1 saturated heterocycles. The van der Waals surface area contributed by atoms with E-state index in [0.29, 0.717) is 17.1 Å². The van der Waals surface area contributed by atoms with Gasteiger partial charge in [0.05, 0.1) is 0 Å². The molecule has 0 atom stereocenters. The maximum atomic E-state index is 12.6. The summed E-state index contributed by atoms with van der Waals surface area (Å²) in [6.45, 7) is 4.14. The summed E-state index contributed by atoms with van der Waals surface area (Å²) in [7, 11) is 2.15. The number of anilines is 2. The van der Waals surface area contributed by atoms with Crippen molar-refractivity contribution in [3.8, 4) is 11.4 Å². The van der Waals surface area contributed by atoms with Crippen molar-refractivity contribution in [1.29, 1.82) is 0 Å². The van der Waals surface area contributed by atoms with Gasteiger partial charge in [0.1, 0.15) is 0 Å². The van der Waals surface area contributed by atoms with Crippen molar-refractivity contribution in [2.24, 2.45) is 0 Å². The Kier molecular flexibility index (Phi) is 3.86. The number of H-pyrrole nitrogens is 2. The zero-order valence-corrected chi connectivity index (χ0v) is 16.7. The van der Waals surface area contributed by atoms with Gasteiger partial charge in [-0.15, -0.1) is 0 Å². The number of benzene rings is 1. The SMILES string of the molecule is CN1CCN(c2ccc3nc(-c4c(N)c5[se]ccc5[nH]c4=O)[nH]c3c2)CC1. The Bertz CT molecular complexity index is 1200. The van der Waals surface area contributed by atoms with Crippen LogP contribution >= 0.6 is 0 Å². The topological polar surface area (TPSA) is 94.0 Å². The molecule has 3 aromatic heterocycles. The zero-order chi connectivity index (χ0) is 18.5. The molecule has 27 heavy (non-hydrogen) atoms. The number of likely N-dealkylation sites (N-methyl/N-ethyl adjacent to an activating group) is 1. The second-order valence-corrected chi connectivity index (χ2v) is 8.91. The monoisotopic (exact) mass is 428 g/mol. The summed E-state index contributed by atoms with van der Waals surface area (Å²) in [6.07, 6.45) is 0. The molecule has 1 aliphatic heterocycles. The standard InChI is InChI=1S/C19H20N6OSe/c1-24-5-7-25(8-6-24)11-2-3-12-14(10-11)22-18(21-12)15-16(20)17-13(4-9-27-17)23-19(15)26/h2-4,9-10H,5-8H2,1H3,(H,21,22)(H3,20,23,26). The average Bonchev–Trinajstić information content (AvgIpc) is 3.28. The summed E-state index contributed by atoms with van der Waals surface area (Å²) >= 11 is 0.152. The van der Waals surface area contributed by atoms with Crippen LogP contribution in [-0.4, -0.2) is 67.6 Å². The van der Waals surface area contributed by atoms with Crippen LogP contribution in [0.15, 0.2) is 34.0 Å². The number of nitrogens with zero attached hydrogens (tertiary/aromatic N) is 3. The van der Waals surface area contributed by atoms with Gasteiger partial charge in [0, 0.05) is 0 Å². The Labute approximate surface area is 161 Å². The van der Waals surface area contributed by atoms with E-state index in [9.17, 15) is 4.79 Å². The fourth-order valence-corrected chi connectivity index (χ4v) is 5.36. The Morgan fingerprint density at radius 2 is 1.93 bits per heavy atom. The molecular weight excluding hydrogens is 407 g/mol. The van der Waals surface area contributed by atoms with Gasteiger partial charge in [0.15, 0.2) is 0 Å². The molecule has 0 amide bonds. The van der Waals surface area contributed by atoms with Gasteiger partial charge >= 0.3 is 154 Å². The van der Waals surface area contributed by atoms with Crippen LogP contribution in [0.2, 0.25) is 0 Å². The van der Waals surface area contributed by atoms with Crippen LogP contribution in [0.5, 0.6) is 0 Å². The predicted octanol–water partition coefficient (Wildman–Crippen LogP) is 1.46. The number of piperazine rings is 1. The van der Waals surface area contributed by atoms with Crippen molar-refractivity contribution in [3.05, 3.63) is 39.6 Å². The number of rotatable bonds is 2. The molecule has 138 valence electrons. The molecule has 1 aromatic carbocycles. The van der Waals surface area contributed by atoms with Crippen molar-refractivity contribution in [2.45, 2.75) is 0 Å². The Balaban J connectivity index is 1.58. The predicted molar refractivity (Wildman–Crippen MR) is 111 cm³/mol. The van der Waals surface area contributed by atoms with Crippen molar-refractivity contribution in [3.63, 3.8) is 0 Å². The maximum absolute atomic E-state index is 12.6. The third-order valence-corrected chi connectivity index (χ3v) is 7.21. The number of hydrogen-bond donors (Lipinski definition) is 3. The minimum atomic E-state index is -0.202. The van der Waals surface area contributed by atoms with Crippen LogP contribution in [0, 0.1) is 0 Å². The Hall–Kier alpha value is -2.54. The van der Waals surface area contributed by atoms with Gasteiger partial charge in [-0.1, -0.05) is 0 Å². The first kappa shape index (κ1) is 16.6. The van der Waals surface area contributed by atoms with Gasteiger partial charge in [-0.3, -0.25) is 0 Å². The molecule has 0 bridgehead atoms. The van der Waals surface area contributed by atoms with Crippen LogP contribution < -0.4 is 16.2 Å². The van der Waals surface area contributed by atoms with Crippen molar-refractivity contribution in [2.75, 3.05) is 43.9 Å². The summed E-state index contributed by atoms with van der Waals surface area (Å²) in [5.41, 5.74) is 10.9. The van der Waals surface area contributed by atoms with Crippen LogP contribution in [0.1, 0.15) is 0 Å². The molecule has 4 aromatic rings. The van der Waals surface area contributed by atoms with E-state index in [0.717, 1.165) is 47.0 Å². The molecule has 0 spiro atoms. The quantitative estimate of drug-likeness (QED) is 0.421. The molecule has 4 heterocycles. The van der Waals surface area contributed by atoms with Gasteiger partial charge in [-0.05, 0) is 7.05 Å². The Morgan fingerprint density at radius 1 is 1.11 bits per heavy atom. The molecule has 0 aliphatic carbocycles. The van der Waals surface area contributed by atoms with Crippen LogP contribution in [0.25, 0.3) is 32.2 Å². The zero-order valence-electron chi connectivity index (χ0n) is 15.0. The number of nitrogen functional groups attached to an aromatic ring is 1. The van der Waals surface area contributed by atoms with Crippen LogP contribution in [0.4, 0.5) is 11.4 Å². The molecule has 7 nitrogen and oxygen atoms in total. The molecule has 8 heteroatoms. The summed E-state index contributed by atoms with van der Waals surface area (Å²) in [5.74, 6) is 0.532. The molecular formula is C19H20N6OSe. The van der Waals surface area contributed by atoms with Crippen molar-refractivity contribution >= 4 is 46.7 Å². The number of aromatic amines is 2. The number of fused-ring (bicyclic) bond motifs is 2. The minimum absolute atomic E-state index is 0.152. The van der Waals surface area contributed by atoms with E-state index < -0.39 is 0 Å². The molecule has 4 N–H and O–H groups in total. The van der Waals surface area contributed by atoms with Crippen LogP contribution in [0.3, 0.4) is 0 Å². The van der Waals surface area contributed by atoms with Gasteiger partial charge in [-0.2, -0.15) is 0 Å². The molecule has 5 rings (SSSR count). The number of nitrogens with one attached hydrogen (secondary N) is 2. The normalized spacial score (nSPS) is 15.8. The summed E-state index contributed by atoms with van der Waals surface area (Å²) < 4.78 is 1.02. The third kappa shape index (κ3) is 2.77. The second-order valence-electron chi connectivity index (χ2n) is 6.98. The van der Waals surface area contributed by atoms with E-state index in [1.807, 2.05) is 12.1 Å². The molecule has 0 unspecified atom stereocenters. The first-order valence-corrected chi connectivity index (χ1v) is 10.8. The summed E-state index contributed by atoms with van der Waals surface area (Å²) in [4.78, 5) is 30.2. The second kappa shape index (κ2) is 6.27. The van der Waals surface area contributed by atoms with Crippen molar-refractivity contribution < 1.29 is 0 Å². The van der Waals surface area contributed by atoms with Crippen LogP contribution in [-0.2, 0) is 0 Å². The van der Waals surface area contributed by atoms with Gasteiger partial charge in [0.2, 0.25) is 0 Å². The first-order valence-electron chi connectivity index (χ1n) is 8.93.